The van der Waals surface area contributed by atoms with Crippen LogP contribution >= 0.6 is 0 Å². The van der Waals surface area contributed by atoms with Crippen LogP contribution in [0.3, 0.4) is 0 Å². The average Bonchev–Trinajstić information content (AvgIpc) is 2.33. The third-order valence-corrected chi connectivity index (χ3v) is 2.77. The van der Waals surface area contributed by atoms with Gasteiger partial charge in [0.05, 0.1) is 6.42 Å². The molecule has 108 valence electrons. The minimum atomic E-state index is -4.06. The van der Waals surface area contributed by atoms with Crippen molar-refractivity contribution in [1.29, 1.82) is 0 Å². The minimum absolute atomic E-state index is 0.00585. The molecule has 0 saturated heterocycles. The second-order valence-electron chi connectivity index (χ2n) is 4.69. The molecular formula is C14H21F3N2. The van der Waals surface area contributed by atoms with Gasteiger partial charge in [0.1, 0.15) is 0 Å². The standard InChI is InChI=1S/C14H21F3N2/c1-19(12-13-6-3-2-4-7-13)11-5-9-18-10-8-14(15,16)17/h2-4,6-7,18H,5,8-12H2,1H3. The van der Waals surface area contributed by atoms with Gasteiger partial charge in [-0.1, -0.05) is 30.3 Å². The van der Waals surface area contributed by atoms with Crippen molar-refractivity contribution in [2.24, 2.45) is 0 Å². The summed E-state index contributed by atoms with van der Waals surface area (Å²) in [6.45, 7) is 2.36. The molecule has 0 heterocycles. The van der Waals surface area contributed by atoms with Crippen LogP contribution in [-0.2, 0) is 6.54 Å². The highest BCUT2D eigenvalue weighted by Crippen LogP contribution is 2.17. The van der Waals surface area contributed by atoms with E-state index in [9.17, 15) is 13.2 Å². The van der Waals surface area contributed by atoms with Crippen molar-refractivity contribution in [1.82, 2.24) is 10.2 Å². The van der Waals surface area contributed by atoms with Gasteiger partial charge in [0.25, 0.3) is 0 Å². The molecule has 0 aliphatic heterocycles. The predicted molar refractivity (Wildman–Crippen MR) is 70.9 cm³/mol. The highest BCUT2D eigenvalue weighted by Gasteiger charge is 2.25. The van der Waals surface area contributed by atoms with Crippen molar-refractivity contribution < 1.29 is 13.2 Å². The quantitative estimate of drug-likeness (QED) is 0.733. The molecule has 0 aliphatic rings. The fourth-order valence-corrected chi connectivity index (χ4v) is 1.80. The molecule has 1 aromatic rings. The summed E-state index contributed by atoms with van der Waals surface area (Å²) in [7, 11) is 2.02. The lowest BCUT2D eigenvalue weighted by Gasteiger charge is -2.16. The predicted octanol–water partition coefficient (Wildman–Crippen LogP) is 3.05. The largest absolute Gasteiger partial charge is 0.390 e. The molecule has 0 aromatic heterocycles. The highest BCUT2D eigenvalue weighted by atomic mass is 19.4. The zero-order valence-corrected chi connectivity index (χ0v) is 11.2. The molecule has 5 heteroatoms. The Kier molecular flexibility index (Phi) is 6.87. The first-order chi connectivity index (χ1) is 8.97. The van der Waals surface area contributed by atoms with E-state index in [-0.39, 0.29) is 6.54 Å². The van der Waals surface area contributed by atoms with Crippen molar-refractivity contribution in [3.05, 3.63) is 35.9 Å². The summed E-state index contributed by atoms with van der Waals surface area (Å²) in [5.74, 6) is 0. The Bertz CT molecular complexity index is 338. The van der Waals surface area contributed by atoms with Crippen molar-refractivity contribution in [3.63, 3.8) is 0 Å². The molecule has 0 aliphatic carbocycles. The van der Waals surface area contributed by atoms with E-state index in [2.05, 4.69) is 22.3 Å². The van der Waals surface area contributed by atoms with Crippen molar-refractivity contribution >= 4 is 0 Å². The van der Waals surface area contributed by atoms with Crippen LogP contribution in [0.25, 0.3) is 0 Å². The van der Waals surface area contributed by atoms with Gasteiger partial charge in [-0.2, -0.15) is 13.2 Å². The topological polar surface area (TPSA) is 15.3 Å². The Labute approximate surface area is 112 Å². The zero-order chi connectivity index (χ0) is 14.1. The molecule has 19 heavy (non-hydrogen) atoms. The molecule has 0 atom stereocenters. The smallest absolute Gasteiger partial charge is 0.316 e. The molecule has 0 saturated carbocycles. The first-order valence-electron chi connectivity index (χ1n) is 6.47. The molecule has 1 N–H and O–H groups in total. The number of halogens is 3. The van der Waals surface area contributed by atoms with Gasteiger partial charge in [-0.25, -0.2) is 0 Å². The van der Waals surface area contributed by atoms with Crippen LogP contribution in [0.15, 0.2) is 30.3 Å². The van der Waals surface area contributed by atoms with E-state index in [0.717, 1.165) is 19.5 Å². The summed E-state index contributed by atoms with van der Waals surface area (Å²) in [6.07, 6.45) is -3.97. The van der Waals surface area contributed by atoms with E-state index in [0.29, 0.717) is 6.54 Å². The maximum absolute atomic E-state index is 11.9. The van der Waals surface area contributed by atoms with E-state index in [1.165, 1.54) is 5.56 Å². The summed E-state index contributed by atoms with van der Waals surface area (Å²) in [5, 5.41) is 2.81. The highest BCUT2D eigenvalue weighted by molar-refractivity contribution is 5.14. The number of nitrogens with one attached hydrogen (secondary N) is 1. The second kappa shape index (κ2) is 8.17. The first-order valence-corrected chi connectivity index (χ1v) is 6.47. The minimum Gasteiger partial charge on any atom is -0.316 e. The monoisotopic (exact) mass is 274 g/mol. The fraction of sp³-hybridized carbons (Fsp3) is 0.571. The van der Waals surface area contributed by atoms with Gasteiger partial charge in [0.15, 0.2) is 0 Å². The van der Waals surface area contributed by atoms with Crippen LogP contribution in [0.1, 0.15) is 18.4 Å². The number of hydrogen-bond donors (Lipinski definition) is 1. The van der Waals surface area contributed by atoms with E-state index >= 15 is 0 Å². The summed E-state index contributed by atoms with van der Waals surface area (Å²) in [6, 6.07) is 10.1. The maximum Gasteiger partial charge on any atom is 0.390 e. The molecule has 1 aromatic carbocycles. The molecule has 0 amide bonds. The normalized spacial score (nSPS) is 12.1. The SMILES string of the molecule is CN(CCCNCCC(F)(F)F)Cc1ccccc1. The van der Waals surface area contributed by atoms with Gasteiger partial charge >= 0.3 is 6.18 Å². The molecule has 0 bridgehead atoms. The van der Waals surface area contributed by atoms with Crippen LogP contribution < -0.4 is 5.32 Å². The number of hydrogen-bond acceptors (Lipinski definition) is 2. The van der Waals surface area contributed by atoms with Crippen LogP contribution in [0.2, 0.25) is 0 Å². The first kappa shape index (κ1) is 16.0. The van der Waals surface area contributed by atoms with Gasteiger partial charge in [-0.05, 0) is 32.1 Å². The Balaban J connectivity index is 2.03. The molecule has 1 rings (SSSR count). The summed E-state index contributed by atoms with van der Waals surface area (Å²) in [5.41, 5.74) is 1.25. The van der Waals surface area contributed by atoms with E-state index in [1.807, 2.05) is 25.2 Å². The van der Waals surface area contributed by atoms with Gasteiger partial charge in [0.2, 0.25) is 0 Å². The maximum atomic E-state index is 11.9. The molecule has 2 nitrogen and oxygen atoms in total. The Morgan fingerprint density at radius 2 is 1.79 bits per heavy atom. The summed E-state index contributed by atoms with van der Waals surface area (Å²) in [4.78, 5) is 2.17. The number of nitrogens with zero attached hydrogens (tertiary/aromatic N) is 1. The van der Waals surface area contributed by atoms with Crippen LogP contribution in [-0.4, -0.2) is 37.8 Å². The molecule has 0 spiro atoms. The zero-order valence-electron chi connectivity index (χ0n) is 11.2. The lowest BCUT2D eigenvalue weighted by Crippen LogP contribution is -2.26. The van der Waals surface area contributed by atoms with E-state index in [4.69, 9.17) is 0 Å². The summed E-state index contributed by atoms with van der Waals surface area (Å²) < 4.78 is 35.7. The van der Waals surface area contributed by atoms with Crippen LogP contribution in [0.5, 0.6) is 0 Å². The molecular weight excluding hydrogens is 253 g/mol. The van der Waals surface area contributed by atoms with Gasteiger partial charge < -0.3 is 10.2 Å². The second-order valence-corrected chi connectivity index (χ2v) is 4.69. The number of rotatable bonds is 8. The molecule has 0 unspecified atom stereocenters. The van der Waals surface area contributed by atoms with Gasteiger partial charge in [0, 0.05) is 13.1 Å². The average molecular weight is 274 g/mol. The van der Waals surface area contributed by atoms with Crippen molar-refractivity contribution in [3.8, 4) is 0 Å². The molecule has 0 fully saturated rings. The van der Waals surface area contributed by atoms with E-state index < -0.39 is 12.6 Å². The lowest BCUT2D eigenvalue weighted by atomic mass is 10.2. The third-order valence-electron chi connectivity index (χ3n) is 2.77. The fourth-order valence-electron chi connectivity index (χ4n) is 1.80. The van der Waals surface area contributed by atoms with Gasteiger partial charge in [-0.3, -0.25) is 0 Å². The third kappa shape index (κ3) is 8.61. The Hall–Kier alpha value is -1.07. The van der Waals surface area contributed by atoms with Crippen LogP contribution in [0.4, 0.5) is 13.2 Å². The Morgan fingerprint density at radius 3 is 2.42 bits per heavy atom. The van der Waals surface area contributed by atoms with Crippen molar-refractivity contribution in [2.45, 2.75) is 25.6 Å². The van der Waals surface area contributed by atoms with E-state index in [1.54, 1.807) is 0 Å². The van der Waals surface area contributed by atoms with Crippen molar-refractivity contribution in [2.75, 3.05) is 26.7 Å². The summed E-state index contributed by atoms with van der Waals surface area (Å²) >= 11 is 0. The number of alkyl halides is 3. The van der Waals surface area contributed by atoms with Gasteiger partial charge in [-0.15, -0.1) is 0 Å². The number of benzene rings is 1. The Morgan fingerprint density at radius 1 is 1.11 bits per heavy atom. The van der Waals surface area contributed by atoms with Crippen LogP contribution in [0, 0.1) is 0 Å². The lowest BCUT2D eigenvalue weighted by molar-refractivity contribution is -0.133. The molecule has 0 radical (unpaired) electrons.